The Labute approximate surface area is 108 Å². The molecule has 2 atom stereocenters. The predicted molar refractivity (Wildman–Crippen MR) is 68.9 cm³/mol. The fraction of sp³-hybridized carbons (Fsp3) is 0.533. The van der Waals surface area contributed by atoms with Crippen LogP contribution in [0.25, 0.3) is 0 Å². The molecule has 3 nitrogen and oxygen atoms in total. The van der Waals surface area contributed by atoms with Crippen molar-refractivity contribution in [3.63, 3.8) is 0 Å². The zero-order chi connectivity index (χ0) is 12.4. The normalized spacial score (nSPS) is 30.1. The van der Waals surface area contributed by atoms with Gasteiger partial charge in [-0.2, -0.15) is 0 Å². The maximum Gasteiger partial charge on any atom is 0.309 e. The molecule has 2 bridgehead atoms. The van der Waals surface area contributed by atoms with Crippen LogP contribution in [-0.4, -0.2) is 18.1 Å². The molecular weight excluding hydrogens is 226 g/mol. The number of piperidine rings is 1. The first-order valence-corrected chi connectivity index (χ1v) is 6.78. The van der Waals surface area contributed by atoms with E-state index in [1.54, 1.807) is 0 Å². The van der Waals surface area contributed by atoms with Crippen molar-refractivity contribution in [1.29, 1.82) is 0 Å². The first-order chi connectivity index (χ1) is 8.81. The van der Waals surface area contributed by atoms with E-state index in [-0.39, 0.29) is 11.9 Å². The van der Waals surface area contributed by atoms with E-state index in [1.165, 1.54) is 12.8 Å². The molecule has 3 heteroatoms. The zero-order valence-electron chi connectivity index (χ0n) is 10.5. The van der Waals surface area contributed by atoms with E-state index in [1.807, 2.05) is 30.3 Å². The van der Waals surface area contributed by atoms with Crippen molar-refractivity contribution in [2.45, 2.75) is 44.4 Å². The van der Waals surface area contributed by atoms with Crippen LogP contribution >= 0.6 is 0 Å². The largest absolute Gasteiger partial charge is 0.461 e. The number of hydrogen-bond donors (Lipinski definition) is 1. The van der Waals surface area contributed by atoms with E-state index in [0.29, 0.717) is 18.7 Å². The third-order valence-electron chi connectivity index (χ3n) is 4.03. The van der Waals surface area contributed by atoms with Crippen LogP contribution in [-0.2, 0) is 16.1 Å². The maximum absolute atomic E-state index is 12.0. The van der Waals surface area contributed by atoms with Gasteiger partial charge >= 0.3 is 5.97 Å². The molecule has 2 unspecified atom stereocenters. The van der Waals surface area contributed by atoms with Gasteiger partial charge in [0.25, 0.3) is 0 Å². The number of carbonyl (C=O) groups is 1. The van der Waals surface area contributed by atoms with Gasteiger partial charge in [-0.1, -0.05) is 30.3 Å². The third kappa shape index (κ3) is 2.56. The lowest BCUT2D eigenvalue weighted by molar-refractivity contribution is -0.151. The molecule has 2 aliphatic heterocycles. The van der Waals surface area contributed by atoms with Crippen molar-refractivity contribution in [1.82, 2.24) is 5.32 Å². The SMILES string of the molecule is O=C(OCc1ccccc1)C1CC2CCC(C1)N2. The van der Waals surface area contributed by atoms with Gasteiger partial charge in [0.05, 0.1) is 5.92 Å². The molecule has 3 rings (SSSR count). The van der Waals surface area contributed by atoms with Crippen molar-refractivity contribution < 1.29 is 9.53 Å². The molecule has 18 heavy (non-hydrogen) atoms. The summed E-state index contributed by atoms with van der Waals surface area (Å²) in [6.07, 6.45) is 4.33. The van der Waals surface area contributed by atoms with Crippen LogP contribution < -0.4 is 5.32 Å². The van der Waals surface area contributed by atoms with Crippen LogP contribution in [0.4, 0.5) is 0 Å². The summed E-state index contributed by atoms with van der Waals surface area (Å²) in [5.74, 6) is 0.0877. The van der Waals surface area contributed by atoms with Gasteiger partial charge in [-0.25, -0.2) is 0 Å². The summed E-state index contributed by atoms with van der Waals surface area (Å²) in [6, 6.07) is 11.0. The van der Waals surface area contributed by atoms with E-state index in [9.17, 15) is 4.79 Å². The lowest BCUT2D eigenvalue weighted by Crippen LogP contribution is -2.41. The van der Waals surface area contributed by atoms with E-state index in [0.717, 1.165) is 18.4 Å². The Morgan fingerprint density at radius 1 is 1.17 bits per heavy atom. The average Bonchev–Trinajstić information content (AvgIpc) is 2.76. The van der Waals surface area contributed by atoms with Crippen LogP contribution in [0.3, 0.4) is 0 Å². The number of ether oxygens (including phenoxy) is 1. The molecule has 2 fully saturated rings. The summed E-state index contributed by atoms with van der Waals surface area (Å²) in [5, 5.41) is 3.54. The maximum atomic E-state index is 12.0. The summed E-state index contributed by atoms with van der Waals surface area (Å²) < 4.78 is 5.43. The van der Waals surface area contributed by atoms with E-state index >= 15 is 0 Å². The van der Waals surface area contributed by atoms with Gasteiger partial charge in [-0.05, 0) is 31.2 Å². The Morgan fingerprint density at radius 2 is 1.83 bits per heavy atom. The second-order valence-electron chi connectivity index (χ2n) is 5.40. The minimum atomic E-state index is -0.0164. The highest BCUT2D eigenvalue weighted by Crippen LogP contribution is 2.31. The molecule has 0 spiro atoms. The molecule has 96 valence electrons. The van der Waals surface area contributed by atoms with E-state index in [4.69, 9.17) is 4.74 Å². The molecule has 0 amide bonds. The Hall–Kier alpha value is -1.35. The quantitative estimate of drug-likeness (QED) is 0.830. The van der Waals surface area contributed by atoms with Crippen molar-refractivity contribution in [3.8, 4) is 0 Å². The summed E-state index contributed by atoms with van der Waals surface area (Å²) >= 11 is 0. The summed E-state index contributed by atoms with van der Waals surface area (Å²) in [7, 11) is 0. The molecule has 1 N–H and O–H groups in total. The number of fused-ring (bicyclic) bond motifs is 2. The van der Waals surface area contributed by atoms with E-state index < -0.39 is 0 Å². The smallest absolute Gasteiger partial charge is 0.309 e. The first kappa shape index (κ1) is 11.7. The van der Waals surface area contributed by atoms with Gasteiger partial charge in [0.15, 0.2) is 0 Å². The minimum Gasteiger partial charge on any atom is -0.461 e. The van der Waals surface area contributed by atoms with Gasteiger partial charge in [-0.15, -0.1) is 0 Å². The van der Waals surface area contributed by atoms with Gasteiger partial charge in [0.1, 0.15) is 6.61 Å². The summed E-state index contributed by atoms with van der Waals surface area (Å²) in [6.45, 7) is 0.402. The van der Waals surface area contributed by atoms with Crippen LogP contribution in [0.1, 0.15) is 31.2 Å². The third-order valence-corrected chi connectivity index (χ3v) is 4.03. The number of nitrogens with one attached hydrogen (secondary N) is 1. The van der Waals surface area contributed by atoms with Crippen LogP contribution in [0, 0.1) is 5.92 Å². The number of esters is 1. The Balaban J connectivity index is 1.53. The second-order valence-corrected chi connectivity index (χ2v) is 5.40. The Morgan fingerprint density at radius 3 is 2.50 bits per heavy atom. The summed E-state index contributed by atoms with van der Waals surface area (Å²) in [4.78, 5) is 12.0. The number of carbonyl (C=O) groups excluding carboxylic acids is 1. The lowest BCUT2D eigenvalue weighted by Gasteiger charge is -2.27. The first-order valence-electron chi connectivity index (χ1n) is 6.78. The standard InChI is InChI=1S/C15H19NO2/c17-15(18-10-11-4-2-1-3-5-11)12-8-13-6-7-14(9-12)16-13/h1-5,12-14,16H,6-10H2. The van der Waals surface area contributed by atoms with Crippen molar-refractivity contribution in [2.75, 3.05) is 0 Å². The highest BCUT2D eigenvalue weighted by Gasteiger charge is 2.37. The minimum absolute atomic E-state index is 0.0164. The number of hydrogen-bond acceptors (Lipinski definition) is 3. The molecule has 0 saturated carbocycles. The Kier molecular flexibility index (Phi) is 3.33. The van der Waals surface area contributed by atoms with Crippen molar-refractivity contribution >= 4 is 5.97 Å². The van der Waals surface area contributed by atoms with Crippen LogP contribution in [0.2, 0.25) is 0 Å². The molecular formula is C15H19NO2. The Bertz CT molecular complexity index is 406. The van der Waals surface area contributed by atoms with E-state index in [2.05, 4.69) is 5.32 Å². The second kappa shape index (κ2) is 5.11. The highest BCUT2D eigenvalue weighted by molar-refractivity contribution is 5.72. The molecule has 1 aromatic carbocycles. The zero-order valence-corrected chi connectivity index (χ0v) is 10.5. The molecule has 2 heterocycles. The van der Waals surface area contributed by atoms with Gasteiger partial charge < -0.3 is 10.1 Å². The average molecular weight is 245 g/mol. The molecule has 0 radical (unpaired) electrons. The van der Waals surface area contributed by atoms with Crippen LogP contribution in [0.15, 0.2) is 30.3 Å². The topological polar surface area (TPSA) is 38.3 Å². The monoisotopic (exact) mass is 245 g/mol. The molecule has 1 aromatic rings. The van der Waals surface area contributed by atoms with Crippen molar-refractivity contribution in [2.24, 2.45) is 5.92 Å². The summed E-state index contributed by atoms with van der Waals surface area (Å²) in [5.41, 5.74) is 1.06. The number of rotatable bonds is 3. The van der Waals surface area contributed by atoms with Gasteiger partial charge in [0, 0.05) is 12.1 Å². The fourth-order valence-electron chi connectivity index (χ4n) is 3.10. The molecule has 2 saturated heterocycles. The van der Waals surface area contributed by atoms with Gasteiger partial charge in [-0.3, -0.25) is 4.79 Å². The predicted octanol–water partition coefficient (Wildman–Crippen LogP) is 2.26. The molecule has 0 aliphatic carbocycles. The fourth-order valence-corrected chi connectivity index (χ4v) is 3.10. The van der Waals surface area contributed by atoms with Crippen LogP contribution in [0.5, 0.6) is 0 Å². The lowest BCUT2D eigenvalue weighted by atomic mass is 9.93. The molecule has 0 aromatic heterocycles. The highest BCUT2D eigenvalue weighted by atomic mass is 16.5. The number of benzene rings is 1. The molecule has 2 aliphatic rings. The van der Waals surface area contributed by atoms with Gasteiger partial charge in [0.2, 0.25) is 0 Å². The van der Waals surface area contributed by atoms with Crippen molar-refractivity contribution in [3.05, 3.63) is 35.9 Å².